The first-order valence-electron chi connectivity index (χ1n) is 9.28. The highest BCUT2D eigenvalue weighted by molar-refractivity contribution is 7.71. The minimum Gasteiger partial charge on any atom is -0.493 e. The number of rotatable bonds is 7. The summed E-state index contributed by atoms with van der Waals surface area (Å²) in [6.45, 7) is 0. The van der Waals surface area contributed by atoms with E-state index in [0.29, 0.717) is 39.1 Å². The van der Waals surface area contributed by atoms with Crippen molar-refractivity contribution in [3.63, 3.8) is 0 Å². The lowest BCUT2D eigenvalue weighted by molar-refractivity contribution is 0.324. The van der Waals surface area contributed by atoms with E-state index < -0.39 is 0 Å². The number of benzene rings is 2. The van der Waals surface area contributed by atoms with Crippen LogP contribution in [-0.2, 0) is 0 Å². The van der Waals surface area contributed by atoms with Crippen LogP contribution in [0.25, 0.3) is 22.8 Å². The normalized spacial score (nSPS) is 11.1. The van der Waals surface area contributed by atoms with Crippen molar-refractivity contribution >= 4 is 18.4 Å². The summed E-state index contributed by atoms with van der Waals surface area (Å²) in [5, 5.41) is 18.9. The van der Waals surface area contributed by atoms with Crippen LogP contribution in [0.2, 0.25) is 0 Å². The zero-order chi connectivity index (χ0) is 21.8. The molecule has 10 heteroatoms. The van der Waals surface area contributed by atoms with Gasteiger partial charge in [0.25, 0.3) is 0 Å². The molecule has 2 aromatic carbocycles. The van der Waals surface area contributed by atoms with Gasteiger partial charge in [0.1, 0.15) is 5.69 Å². The summed E-state index contributed by atoms with van der Waals surface area (Å²) in [6, 6.07) is 15.3. The lowest BCUT2D eigenvalue weighted by atomic mass is 10.1. The molecule has 158 valence electrons. The number of methoxy groups -OCH3 is 3. The van der Waals surface area contributed by atoms with Crippen molar-refractivity contribution in [2.75, 3.05) is 21.3 Å². The van der Waals surface area contributed by atoms with E-state index in [4.69, 9.17) is 26.4 Å². The van der Waals surface area contributed by atoms with Crippen molar-refractivity contribution in [1.29, 1.82) is 0 Å². The fraction of sp³-hybridized carbons (Fsp3) is 0.143. The average Bonchev–Trinajstić information content (AvgIpc) is 3.44. The molecular weight excluding hydrogens is 416 g/mol. The Labute approximate surface area is 183 Å². The molecule has 0 amide bonds. The van der Waals surface area contributed by atoms with Crippen molar-refractivity contribution in [3.8, 4) is 40.0 Å². The molecule has 0 aliphatic rings. The van der Waals surface area contributed by atoms with Crippen molar-refractivity contribution in [2.24, 2.45) is 5.10 Å². The Morgan fingerprint density at radius 2 is 1.71 bits per heavy atom. The van der Waals surface area contributed by atoms with Crippen molar-refractivity contribution < 1.29 is 14.2 Å². The van der Waals surface area contributed by atoms with Gasteiger partial charge in [0.05, 0.1) is 33.2 Å². The quantitative estimate of drug-likeness (QED) is 0.336. The van der Waals surface area contributed by atoms with Gasteiger partial charge in [-0.05, 0) is 30.4 Å². The van der Waals surface area contributed by atoms with Crippen LogP contribution in [0.4, 0.5) is 0 Å². The maximum absolute atomic E-state index is 5.51. The molecule has 0 fully saturated rings. The van der Waals surface area contributed by atoms with E-state index >= 15 is 0 Å². The topological polar surface area (TPSA) is 102 Å². The third-order valence-corrected chi connectivity index (χ3v) is 4.85. The van der Waals surface area contributed by atoms with Crippen LogP contribution in [-0.4, -0.2) is 52.6 Å². The fourth-order valence-corrected chi connectivity index (χ4v) is 3.29. The van der Waals surface area contributed by atoms with Gasteiger partial charge in [0, 0.05) is 11.1 Å². The molecule has 0 saturated heterocycles. The number of nitrogens with one attached hydrogen (secondary N) is 2. The maximum Gasteiger partial charge on any atom is 0.216 e. The van der Waals surface area contributed by atoms with Gasteiger partial charge in [-0.2, -0.15) is 20.0 Å². The summed E-state index contributed by atoms with van der Waals surface area (Å²) in [7, 11) is 4.67. The molecule has 0 aliphatic heterocycles. The van der Waals surface area contributed by atoms with Gasteiger partial charge < -0.3 is 14.2 Å². The molecule has 0 saturated carbocycles. The highest BCUT2D eigenvalue weighted by atomic mass is 32.1. The van der Waals surface area contributed by atoms with Crippen molar-refractivity contribution in [2.45, 2.75) is 0 Å². The van der Waals surface area contributed by atoms with Crippen LogP contribution in [0.3, 0.4) is 0 Å². The summed E-state index contributed by atoms with van der Waals surface area (Å²) in [5.74, 6) is 2.03. The third-order valence-electron chi connectivity index (χ3n) is 4.59. The zero-order valence-corrected chi connectivity index (χ0v) is 17.9. The van der Waals surface area contributed by atoms with Gasteiger partial charge in [0.15, 0.2) is 11.5 Å². The largest absolute Gasteiger partial charge is 0.493 e. The average molecular weight is 436 g/mol. The molecule has 0 unspecified atom stereocenters. The van der Waals surface area contributed by atoms with E-state index in [9.17, 15) is 0 Å². The van der Waals surface area contributed by atoms with Gasteiger partial charge in [0.2, 0.25) is 16.3 Å². The SMILES string of the molecule is COc1ccc(/C=N/n2c(-c3cc(-c4ccccc4)n[nH]3)n[nH]c2=S)c(OC)c1OC. The van der Waals surface area contributed by atoms with Crippen LogP contribution >= 0.6 is 12.2 Å². The van der Waals surface area contributed by atoms with E-state index in [2.05, 4.69) is 25.5 Å². The lowest BCUT2D eigenvalue weighted by Crippen LogP contribution is -2.00. The van der Waals surface area contributed by atoms with Gasteiger partial charge >= 0.3 is 0 Å². The molecule has 2 aromatic heterocycles. The van der Waals surface area contributed by atoms with Crippen LogP contribution in [0, 0.1) is 4.77 Å². The first-order chi connectivity index (χ1) is 15.2. The van der Waals surface area contributed by atoms with E-state index in [1.807, 2.05) is 42.5 Å². The third kappa shape index (κ3) is 3.92. The number of nitrogens with zero attached hydrogens (tertiary/aromatic N) is 4. The smallest absolute Gasteiger partial charge is 0.216 e. The molecule has 0 bridgehead atoms. The predicted molar refractivity (Wildman–Crippen MR) is 120 cm³/mol. The van der Waals surface area contributed by atoms with Crippen LogP contribution in [0.1, 0.15) is 5.56 Å². The number of H-pyrrole nitrogens is 2. The Hall–Kier alpha value is -3.92. The molecule has 31 heavy (non-hydrogen) atoms. The fourth-order valence-electron chi connectivity index (χ4n) is 3.11. The lowest BCUT2D eigenvalue weighted by Gasteiger charge is -2.13. The minimum atomic E-state index is 0.335. The van der Waals surface area contributed by atoms with E-state index in [0.717, 1.165) is 11.3 Å². The van der Waals surface area contributed by atoms with Crippen LogP contribution < -0.4 is 14.2 Å². The Morgan fingerprint density at radius 1 is 0.935 bits per heavy atom. The number of aromatic nitrogens is 5. The van der Waals surface area contributed by atoms with Crippen LogP contribution in [0.5, 0.6) is 17.2 Å². The summed E-state index contributed by atoms with van der Waals surface area (Å²) < 4.78 is 18.1. The van der Waals surface area contributed by atoms with Crippen molar-refractivity contribution in [1.82, 2.24) is 25.1 Å². The second-order valence-electron chi connectivity index (χ2n) is 6.37. The van der Waals surface area contributed by atoms with Gasteiger partial charge in [-0.25, -0.2) is 5.10 Å². The van der Waals surface area contributed by atoms with E-state index in [1.165, 1.54) is 4.68 Å². The van der Waals surface area contributed by atoms with Gasteiger partial charge in [-0.1, -0.05) is 30.3 Å². The second-order valence-corrected chi connectivity index (χ2v) is 6.75. The number of hydrogen-bond donors (Lipinski definition) is 2. The Kier molecular flexibility index (Phi) is 5.80. The maximum atomic E-state index is 5.51. The predicted octanol–water partition coefficient (Wildman–Crippen LogP) is 3.91. The molecular formula is C21H20N6O3S. The summed E-state index contributed by atoms with van der Waals surface area (Å²) >= 11 is 5.36. The molecule has 4 aromatic rings. The highest BCUT2D eigenvalue weighted by Gasteiger charge is 2.16. The molecule has 4 rings (SSSR count). The van der Waals surface area contributed by atoms with E-state index in [1.54, 1.807) is 33.6 Å². The first-order valence-corrected chi connectivity index (χ1v) is 9.69. The molecule has 0 aliphatic carbocycles. The number of aromatic amines is 2. The Bertz CT molecular complexity index is 1280. The second kappa shape index (κ2) is 8.84. The summed E-state index contributed by atoms with van der Waals surface area (Å²) in [5.41, 5.74) is 3.14. The van der Waals surface area contributed by atoms with Crippen molar-refractivity contribution in [3.05, 3.63) is 58.9 Å². The molecule has 0 atom stereocenters. The Balaban J connectivity index is 1.71. The van der Waals surface area contributed by atoms with Gasteiger partial charge in [-0.3, -0.25) is 5.10 Å². The summed E-state index contributed by atoms with van der Waals surface area (Å²) in [4.78, 5) is 0. The minimum absolute atomic E-state index is 0.335. The van der Waals surface area contributed by atoms with E-state index in [-0.39, 0.29) is 0 Å². The monoisotopic (exact) mass is 436 g/mol. The van der Waals surface area contributed by atoms with Gasteiger partial charge in [-0.15, -0.1) is 0 Å². The number of hydrogen-bond acceptors (Lipinski definition) is 7. The van der Waals surface area contributed by atoms with Crippen LogP contribution in [0.15, 0.2) is 53.6 Å². The molecule has 2 heterocycles. The molecule has 0 radical (unpaired) electrons. The zero-order valence-electron chi connectivity index (χ0n) is 17.1. The first kappa shape index (κ1) is 20.4. The molecule has 0 spiro atoms. The molecule has 9 nitrogen and oxygen atoms in total. The Morgan fingerprint density at radius 3 is 2.42 bits per heavy atom. The highest BCUT2D eigenvalue weighted by Crippen LogP contribution is 2.39. The standard InChI is InChI=1S/C21H20N6O3S/c1-28-17-10-9-14(18(29-2)19(17)30-3)12-22-27-20(25-26-21(27)31)16-11-15(23-24-16)13-7-5-4-6-8-13/h4-12H,1-3H3,(H,23,24)(H,26,31)/b22-12+. The summed E-state index contributed by atoms with van der Waals surface area (Å²) in [6.07, 6.45) is 1.62. The molecule has 2 N–H and O–H groups in total. The number of ether oxygens (including phenoxy) is 3.